The third kappa shape index (κ3) is 3.37. The standard InChI is InChI=1S/C21H18F2N8O/c1-3-14(28-19-17-18(25-9-24-17)26-10-27-19)20-29-15-4-5-16(32-2)30-21(15)31(20)13-7-11(22)6-12(23)8-13/h4-10,14H,3H2,1-2H3,(H2,24,25,26,27,28). The van der Waals surface area contributed by atoms with Crippen molar-refractivity contribution in [3.63, 3.8) is 0 Å². The first-order valence-electron chi connectivity index (χ1n) is 9.88. The SMILES string of the molecule is CCC(Nc1ncnc2[nH]cnc12)c1nc2ccc(OC)nc2n1-c1cc(F)cc(F)c1. The number of halogens is 2. The average molecular weight is 436 g/mol. The number of methoxy groups -OCH3 is 1. The summed E-state index contributed by atoms with van der Waals surface area (Å²) in [5.74, 6) is -0.0261. The van der Waals surface area contributed by atoms with Crippen LogP contribution in [0.3, 0.4) is 0 Å². The minimum Gasteiger partial charge on any atom is -0.481 e. The van der Waals surface area contributed by atoms with E-state index in [0.29, 0.717) is 46.3 Å². The first-order chi connectivity index (χ1) is 15.6. The minimum atomic E-state index is -0.703. The van der Waals surface area contributed by atoms with Gasteiger partial charge < -0.3 is 15.0 Å². The number of hydrogen-bond donors (Lipinski definition) is 2. The highest BCUT2D eigenvalue weighted by molar-refractivity contribution is 5.82. The predicted octanol–water partition coefficient (Wildman–Crippen LogP) is 3.94. The molecule has 1 unspecified atom stereocenters. The average Bonchev–Trinajstić information content (AvgIpc) is 3.41. The molecule has 1 atom stereocenters. The lowest BCUT2D eigenvalue weighted by atomic mass is 10.2. The zero-order chi connectivity index (χ0) is 22.2. The van der Waals surface area contributed by atoms with E-state index in [0.717, 1.165) is 6.07 Å². The van der Waals surface area contributed by atoms with Crippen LogP contribution in [0.15, 0.2) is 43.0 Å². The molecule has 0 amide bonds. The topological polar surface area (TPSA) is 106 Å². The van der Waals surface area contributed by atoms with Crippen LogP contribution in [-0.4, -0.2) is 41.6 Å². The molecule has 0 radical (unpaired) electrons. The summed E-state index contributed by atoms with van der Waals surface area (Å²) in [5.41, 5.74) is 2.39. The summed E-state index contributed by atoms with van der Waals surface area (Å²) in [5, 5.41) is 3.34. The fraction of sp³-hybridized carbons (Fsp3) is 0.190. The second-order valence-corrected chi connectivity index (χ2v) is 7.06. The molecule has 0 spiro atoms. The van der Waals surface area contributed by atoms with Gasteiger partial charge in [0.25, 0.3) is 0 Å². The van der Waals surface area contributed by atoms with Crippen molar-refractivity contribution in [3.8, 4) is 11.6 Å². The Balaban J connectivity index is 1.70. The predicted molar refractivity (Wildman–Crippen MR) is 114 cm³/mol. The van der Waals surface area contributed by atoms with Crippen molar-refractivity contribution in [2.75, 3.05) is 12.4 Å². The van der Waals surface area contributed by atoms with Crippen LogP contribution in [0.2, 0.25) is 0 Å². The molecule has 0 fully saturated rings. The first kappa shape index (κ1) is 19.8. The van der Waals surface area contributed by atoms with Crippen molar-refractivity contribution in [1.82, 2.24) is 34.5 Å². The van der Waals surface area contributed by atoms with Crippen LogP contribution in [0.25, 0.3) is 28.0 Å². The lowest BCUT2D eigenvalue weighted by Gasteiger charge is -2.19. The number of aromatic nitrogens is 7. The van der Waals surface area contributed by atoms with Crippen molar-refractivity contribution in [3.05, 3.63) is 60.4 Å². The number of anilines is 1. The van der Waals surface area contributed by atoms with Crippen molar-refractivity contribution in [1.29, 1.82) is 0 Å². The summed E-state index contributed by atoms with van der Waals surface area (Å²) < 4.78 is 35.1. The Morgan fingerprint density at radius 2 is 1.91 bits per heavy atom. The molecule has 0 aliphatic rings. The molecule has 4 aromatic heterocycles. The van der Waals surface area contributed by atoms with Crippen molar-refractivity contribution in [2.45, 2.75) is 19.4 Å². The van der Waals surface area contributed by atoms with E-state index in [4.69, 9.17) is 9.72 Å². The van der Waals surface area contributed by atoms with Gasteiger partial charge in [-0.2, -0.15) is 4.98 Å². The molecule has 0 saturated carbocycles. The fourth-order valence-electron chi connectivity index (χ4n) is 3.61. The van der Waals surface area contributed by atoms with E-state index in [9.17, 15) is 8.78 Å². The highest BCUT2D eigenvalue weighted by Crippen LogP contribution is 2.30. The van der Waals surface area contributed by atoms with Crippen molar-refractivity contribution < 1.29 is 13.5 Å². The maximum atomic E-state index is 14.1. The molecule has 0 aliphatic carbocycles. The van der Waals surface area contributed by atoms with Gasteiger partial charge in [0.1, 0.15) is 34.8 Å². The molecular formula is C21H18F2N8O. The molecule has 11 heteroatoms. The Morgan fingerprint density at radius 3 is 2.66 bits per heavy atom. The maximum Gasteiger partial charge on any atom is 0.215 e. The summed E-state index contributed by atoms with van der Waals surface area (Å²) >= 11 is 0. The van der Waals surface area contributed by atoms with Gasteiger partial charge in [-0.25, -0.2) is 28.7 Å². The van der Waals surface area contributed by atoms with E-state index < -0.39 is 11.6 Å². The molecule has 4 heterocycles. The Hall–Kier alpha value is -4.15. The Labute approximate surface area is 180 Å². The Kier molecular flexibility index (Phi) is 4.85. The summed E-state index contributed by atoms with van der Waals surface area (Å²) in [7, 11) is 1.50. The number of imidazole rings is 2. The number of hydrogen-bond acceptors (Lipinski definition) is 7. The smallest absolute Gasteiger partial charge is 0.215 e. The number of benzene rings is 1. The highest BCUT2D eigenvalue weighted by atomic mass is 19.1. The van der Waals surface area contributed by atoms with Gasteiger partial charge in [-0.1, -0.05) is 6.92 Å². The number of ether oxygens (including phenoxy) is 1. The number of pyridine rings is 1. The van der Waals surface area contributed by atoms with Crippen molar-refractivity contribution in [2.24, 2.45) is 0 Å². The molecule has 0 bridgehead atoms. The van der Waals surface area contributed by atoms with Gasteiger partial charge in [-0.3, -0.25) is 4.57 Å². The number of nitrogens with zero attached hydrogens (tertiary/aromatic N) is 6. The zero-order valence-electron chi connectivity index (χ0n) is 17.2. The van der Waals surface area contributed by atoms with Crippen LogP contribution in [0.5, 0.6) is 5.88 Å². The Bertz CT molecular complexity index is 1410. The molecule has 1 aromatic carbocycles. The van der Waals surface area contributed by atoms with Crippen LogP contribution in [0.4, 0.5) is 14.6 Å². The van der Waals surface area contributed by atoms with Crippen LogP contribution >= 0.6 is 0 Å². The van der Waals surface area contributed by atoms with Gasteiger partial charge in [0.05, 0.1) is 25.2 Å². The van der Waals surface area contributed by atoms with Crippen LogP contribution in [0, 0.1) is 11.6 Å². The third-order valence-electron chi connectivity index (χ3n) is 5.07. The summed E-state index contributed by atoms with van der Waals surface area (Å²) in [6.07, 6.45) is 3.55. The number of rotatable bonds is 6. The van der Waals surface area contributed by atoms with Gasteiger partial charge >= 0.3 is 0 Å². The molecule has 9 nitrogen and oxygen atoms in total. The summed E-state index contributed by atoms with van der Waals surface area (Å²) in [6, 6.07) is 6.34. The molecule has 162 valence electrons. The van der Waals surface area contributed by atoms with Crippen molar-refractivity contribution >= 4 is 28.1 Å². The Morgan fingerprint density at radius 1 is 1.09 bits per heavy atom. The normalized spacial score (nSPS) is 12.4. The number of aromatic amines is 1. The van der Waals surface area contributed by atoms with E-state index in [1.807, 2.05) is 6.92 Å². The molecular weight excluding hydrogens is 418 g/mol. The maximum absolute atomic E-state index is 14.1. The van der Waals surface area contributed by atoms with Gasteiger partial charge in [0, 0.05) is 12.1 Å². The van der Waals surface area contributed by atoms with Gasteiger partial charge in [-0.15, -0.1) is 0 Å². The monoisotopic (exact) mass is 436 g/mol. The second-order valence-electron chi connectivity index (χ2n) is 7.06. The second kappa shape index (κ2) is 7.84. The lowest BCUT2D eigenvalue weighted by molar-refractivity contribution is 0.399. The quantitative estimate of drug-likeness (QED) is 0.415. The minimum absolute atomic E-state index is 0.258. The van der Waals surface area contributed by atoms with E-state index in [2.05, 4.69) is 30.2 Å². The van der Waals surface area contributed by atoms with Crippen LogP contribution in [-0.2, 0) is 0 Å². The van der Waals surface area contributed by atoms with Crippen LogP contribution in [0.1, 0.15) is 25.2 Å². The van der Waals surface area contributed by atoms with Gasteiger partial charge in [0.2, 0.25) is 5.88 Å². The molecule has 0 aliphatic heterocycles. The van der Waals surface area contributed by atoms with E-state index in [1.165, 1.54) is 31.9 Å². The van der Waals surface area contributed by atoms with Gasteiger partial charge in [-0.05, 0) is 24.6 Å². The summed E-state index contributed by atoms with van der Waals surface area (Å²) in [6.45, 7) is 1.96. The molecule has 0 saturated heterocycles. The third-order valence-corrected chi connectivity index (χ3v) is 5.07. The van der Waals surface area contributed by atoms with E-state index in [1.54, 1.807) is 16.7 Å². The van der Waals surface area contributed by atoms with Crippen LogP contribution < -0.4 is 10.1 Å². The largest absolute Gasteiger partial charge is 0.481 e. The van der Waals surface area contributed by atoms with E-state index in [-0.39, 0.29) is 11.7 Å². The lowest BCUT2D eigenvalue weighted by Crippen LogP contribution is -2.17. The molecule has 5 aromatic rings. The first-order valence-corrected chi connectivity index (χ1v) is 9.88. The zero-order valence-corrected chi connectivity index (χ0v) is 17.2. The fourth-order valence-corrected chi connectivity index (χ4v) is 3.61. The highest BCUT2D eigenvalue weighted by Gasteiger charge is 2.23. The molecule has 5 rings (SSSR count). The number of fused-ring (bicyclic) bond motifs is 2. The number of nitrogens with one attached hydrogen (secondary N) is 2. The summed E-state index contributed by atoms with van der Waals surface area (Å²) in [4.78, 5) is 24.9. The molecule has 2 N–H and O–H groups in total. The molecule has 32 heavy (non-hydrogen) atoms. The van der Waals surface area contributed by atoms with E-state index >= 15 is 0 Å². The number of H-pyrrole nitrogens is 1. The van der Waals surface area contributed by atoms with Gasteiger partial charge in [0.15, 0.2) is 17.1 Å².